The van der Waals surface area contributed by atoms with Gasteiger partial charge in [0.15, 0.2) is 0 Å². The molecule has 0 N–H and O–H groups in total. The van der Waals surface area contributed by atoms with Gasteiger partial charge in [-0.15, -0.1) is 0 Å². The van der Waals surface area contributed by atoms with E-state index in [9.17, 15) is 0 Å². The molecule has 0 spiro atoms. The van der Waals surface area contributed by atoms with E-state index < -0.39 is 0 Å². The van der Waals surface area contributed by atoms with Crippen LogP contribution in [-0.2, 0) is 25.7 Å². The smallest absolute Gasteiger partial charge is 0.0143 e. The molecule has 0 aliphatic heterocycles. The number of hydrogen-bond acceptors (Lipinski definition) is 0. The largest absolute Gasteiger partial charge is 0.0616 e. The Labute approximate surface area is 191 Å². The molecule has 0 saturated carbocycles. The van der Waals surface area contributed by atoms with Crippen LogP contribution in [0.2, 0.25) is 0 Å². The minimum Gasteiger partial charge on any atom is -0.0616 e. The van der Waals surface area contributed by atoms with E-state index in [1.807, 2.05) is 0 Å². The molecule has 0 heterocycles. The lowest BCUT2D eigenvalue weighted by Gasteiger charge is -2.17. The van der Waals surface area contributed by atoms with E-state index >= 15 is 0 Å². The lowest BCUT2D eigenvalue weighted by atomic mass is 9.87. The predicted octanol–water partition coefficient (Wildman–Crippen LogP) is 8.18. The molecule has 0 aliphatic carbocycles. The van der Waals surface area contributed by atoms with Gasteiger partial charge < -0.3 is 0 Å². The minimum atomic E-state index is 1.06. The summed E-state index contributed by atoms with van der Waals surface area (Å²) >= 11 is 0. The van der Waals surface area contributed by atoms with Crippen LogP contribution in [0.3, 0.4) is 0 Å². The fourth-order valence-electron chi connectivity index (χ4n) is 4.90. The maximum Gasteiger partial charge on any atom is -0.0143 e. The van der Waals surface area contributed by atoms with Gasteiger partial charge in [0, 0.05) is 0 Å². The average molecular weight is 415 g/mol. The Morgan fingerprint density at radius 2 is 0.688 bits per heavy atom. The first-order chi connectivity index (χ1) is 15.7. The Morgan fingerprint density at radius 1 is 0.375 bits per heavy atom. The number of hydrogen-bond donors (Lipinski definition) is 0. The lowest BCUT2D eigenvalue weighted by molar-refractivity contribution is 0.965. The van der Waals surface area contributed by atoms with E-state index in [4.69, 9.17) is 0 Å². The van der Waals surface area contributed by atoms with Crippen molar-refractivity contribution in [1.29, 1.82) is 0 Å². The molecule has 158 valence electrons. The molecule has 32 heavy (non-hydrogen) atoms. The van der Waals surface area contributed by atoms with E-state index in [-0.39, 0.29) is 0 Å². The first-order valence-electron chi connectivity index (χ1n) is 11.7. The predicted molar refractivity (Wildman–Crippen MR) is 139 cm³/mol. The van der Waals surface area contributed by atoms with Gasteiger partial charge in [-0.3, -0.25) is 0 Å². The Hall–Kier alpha value is -3.38. The van der Waals surface area contributed by atoms with E-state index in [1.54, 1.807) is 0 Å². The van der Waals surface area contributed by atoms with Crippen LogP contribution in [-0.4, -0.2) is 0 Å². The Balaban J connectivity index is 1.56. The molecule has 5 rings (SSSR count). The van der Waals surface area contributed by atoms with E-state index in [0.29, 0.717) is 0 Å². The van der Waals surface area contributed by atoms with Crippen molar-refractivity contribution >= 4 is 21.5 Å². The van der Waals surface area contributed by atoms with Crippen LogP contribution in [0.1, 0.15) is 33.4 Å². The van der Waals surface area contributed by atoms with Crippen molar-refractivity contribution in [2.75, 3.05) is 0 Å². The molecule has 0 nitrogen and oxygen atoms in total. The second-order valence-corrected chi connectivity index (χ2v) is 9.02. The van der Waals surface area contributed by atoms with Crippen molar-refractivity contribution < 1.29 is 0 Å². The second-order valence-electron chi connectivity index (χ2n) is 9.02. The van der Waals surface area contributed by atoms with Gasteiger partial charge in [0.1, 0.15) is 0 Å². The van der Waals surface area contributed by atoms with Crippen molar-refractivity contribution in [3.63, 3.8) is 0 Å². The monoisotopic (exact) mass is 414 g/mol. The van der Waals surface area contributed by atoms with Gasteiger partial charge in [0.05, 0.1) is 0 Å². The highest BCUT2D eigenvalue weighted by Crippen LogP contribution is 2.34. The number of rotatable bonds is 6. The van der Waals surface area contributed by atoms with Crippen LogP contribution in [0.15, 0.2) is 97.1 Å². The molecule has 0 aromatic heterocycles. The highest BCUT2D eigenvalue weighted by Gasteiger charge is 2.13. The maximum atomic E-state index is 2.32. The van der Waals surface area contributed by atoms with Gasteiger partial charge in [-0.25, -0.2) is 0 Å². The summed E-state index contributed by atoms with van der Waals surface area (Å²) in [7, 11) is 0. The molecule has 0 aliphatic rings. The zero-order valence-electron chi connectivity index (χ0n) is 19.1. The fraction of sp³-hybridized carbons (Fsp3) is 0.188. The van der Waals surface area contributed by atoms with Crippen molar-refractivity contribution in [3.05, 3.63) is 130 Å². The summed E-state index contributed by atoms with van der Waals surface area (Å²) in [4.78, 5) is 0. The van der Waals surface area contributed by atoms with Gasteiger partial charge >= 0.3 is 0 Å². The van der Waals surface area contributed by atoms with Crippen LogP contribution < -0.4 is 0 Å². The van der Waals surface area contributed by atoms with Crippen molar-refractivity contribution in [3.8, 4) is 0 Å². The second kappa shape index (κ2) is 9.01. The summed E-state index contributed by atoms with van der Waals surface area (Å²) in [6.45, 7) is 4.31. The normalized spacial score (nSPS) is 11.3. The third kappa shape index (κ3) is 4.18. The first-order valence-corrected chi connectivity index (χ1v) is 11.7. The quantitative estimate of drug-likeness (QED) is 0.246. The zero-order valence-corrected chi connectivity index (χ0v) is 19.1. The molecule has 0 unspecified atom stereocenters. The SMILES string of the molecule is Cc1ccc(CCc2c3ccccc3c(CCc3ccc(C)cc3)c3ccccc23)cc1. The summed E-state index contributed by atoms with van der Waals surface area (Å²) in [5.41, 5.74) is 8.43. The van der Waals surface area contributed by atoms with Crippen LogP contribution in [0.4, 0.5) is 0 Å². The summed E-state index contributed by atoms with van der Waals surface area (Å²) in [5.74, 6) is 0. The molecular weight excluding hydrogens is 384 g/mol. The van der Waals surface area contributed by atoms with Gasteiger partial charge in [0.2, 0.25) is 0 Å². The van der Waals surface area contributed by atoms with Gasteiger partial charge in [-0.05, 0) is 83.3 Å². The maximum absolute atomic E-state index is 2.32. The average Bonchev–Trinajstić information content (AvgIpc) is 2.83. The summed E-state index contributed by atoms with van der Waals surface area (Å²) in [6.07, 6.45) is 4.25. The molecule has 0 radical (unpaired) electrons. The molecule has 0 atom stereocenters. The molecular formula is C32H30. The van der Waals surface area contributed by atoms with Gasteiger partial charge in [-0.1, -0.05) is 108 Å². The number of aryl methyl sites for hydroxylation is 6. The van der Waals surface area contributed by atoms with E-state index in [1.165, 1.54) is 54.9 Å². The third-order valence-electron chi connectivity index (χ3n) is 6.72. The standard InChI is InChI=1S/C32H30/c1-23-11-15-25(16-12-23)19-21-31-27-7-3-5-9-29(27)32(30-10-6-4-8-28(30)31)22-20-26-17-13-24(2)14-18-26/h3-18H,19-22H2,1-2H3. The molecule has 0 saturated heterocycles. The highest BCUT2D eigenvalue weighted by molar-refractivity contribution is 6.05. The molecule has 0 fully saturated rings. The third-order valence-corrected chi connectivity index (χ3v) is 6.72. The topological polar surface area (TPSA) is 0 Å². The number of fused-ring (bicyclic) bond motifs is 2. The molecule has 5 aromatic carbocycles. The highest BCUT2D eigenvalue weighted by atomic mass is 14.2. The Morgan fingerprint density at radius 3 is 1.00 bits per heavy atom. The Bertz CT molecular complexity index is 1190. The van der Waals surface area contributed by atoms with Crippen LogP contribution in [0, 0.1) is 13.8 Å². The molecule has 0 amide bonds. The van der Waals surface area contributed by atoms with Crippen LogP contribution in [0.5, 0.6) is 0 Å². The van der Waals surface area contributed by atoms with Gasteiger partial charge in [0.25, 0.3) is 0 Å². The Kier molecular flexibility index (Phi) is 5.77. The van der Waals surface area contributed by atoms with E-state index in [2.05, 4.69) is 111 Å². The summed E-state index contributed by atoms with van der Waals surface area (Å²) in [6, 6.07) is 36.0. The van der Waals surface area contributed by atoms with Crippen LogP contribution in [0.25, 0.3) is 21.5 Å². The minimum absolute atomic E-state index is 1.06. The molecule has 5 aromatic rings. The first kappa shape index (κ1) is 20.5. The lowest BCUT2D eigenvalue weighted by Crippen LogP contribution is -2.00. The van der Waals surface area contributed by atoms with Crippen molar-refractivity contribution in [1.82, 2.24) is 0 Å². The van der Waals surface area contributed by atoms with E-state index in [0.717, 1.165) is 25.7 Å². The van der Waals surface area contributed by atoms with Gasteiger partial charge in [-0.2, -0.15) is 0 Å². The van der Waals surface area contributed by atoms with Crippen molar-refractivity contribution in [2.45, 2.75) is 39.5 Å². The number of benzene rings is 5. The molecule has 0 heteroatoms. The van der Waals surface area contributed by atoms with Crippen LogP contribution >= 0.6 is 0 Å². The summed E-state index contributed by atoms with van der Waals surface area (Å²) < 4.78 is 0. The molecule has 0 bridgehead atoms. The fourth-order valence-corrected chi connectivity index (χ4v) is 4.90. The zero-order chi connectivity index (χ0) is 21.9. The summed E-state index contributed by atoms with van der Waals surface area (Å²) in [5, 5.41) is 5.66. The van der Waals surface area contributed by atoms with Crippen molar-refractivity contribution in [2.24, 2.45) is 0 Å².